The predicted octanol–water partition coefficient (Wildman–Crippen LogP) is 2.53. The Morgan fingerprint density at radius 3 is 2.77 bits per heavy atom. The summed E-state index contributed by atoms with van der Waals surface area (Å²) in [4.78, 5) is 29.2. The van der Waals surface area contributed by atoms with Crippen LogP contribution in [0.4, 0.5) is 0 Å². The average molecular weight is 377 g/mol. The molecule has 0 radical (unpaired) electrons. The van der Waals surface area contributed by atoms with Crippen LogP contribution in [0, 0.1) is 5.92 Å². The van der Waals surface area contributed by atoms with Crippen molar-refractivity contribution in [3.8, 4) is 0 Å². The lowest BCUT2D eigenvalue weighted by Gasteiger charge is -2.34. The van der Waals surface area contributed by atoms with Gasteiger partial charge in [0.05, 0.1) is 0 Å². The van der Waals surface area contributed by atoms with E-state index in [4.69, 9.17) is 17.3 Å². The SMILES string of the molecule is CN(C)C(=O)CC1CCC(NC(=O)c2cc3cc(Cl)ccc3[nH]2)C(N)C1. The van der Waals surface area contributed by atoms with Crippen molar-refractivity contribution in [1.82, 2.24) is 15.2 Å². The number of nitrogens with zero attached hydrogens (tertiary/aromatic N) is 1. The highest BCUT2D eigenvalue weighted by Crippen LogP contribution is 2.27. The molecule has 0 saturated heterocycles. The minimum Gasteiger partial charge on any atom is -0.351 e. The van der Waals surface area contributed by atoms with E-state index in [1.165, 1.54) is 0 Å². The van der Waals surface area contributed by atoms with Gasteiger partial charge in [-0.2, -0.15) is 0 Å². The molecule has 6 nitrogen and oxygen atoms in total. The van der Waals surface area contributed by atoms with Crippen LogP contribution in [0.1, 0.15) is 36.2 Å². The van der Waals surface area contributed by atoms with Crippen LogP contribution in [0.15, 0.2) is 24.3 Å². The van der Waals surface area contributed by atoms with Crippen LogP contribution >= 0.6 is 11.6 Å². The molecule has 7 heteroatoms. The normalized spacial score (nSPS) is 23.0. The van der Waals surface area contributed by atoms with Crippen LogP contribution in [0.2, 0.25) is 5.02 Å². The summed E-state index contributed by atoms with van der Waals surface area (Å²) in [5.74, 6) is 0.241. The molecular formula is C19H25ClN4O2. The van der Waals surface area contributed by atoms with Crippen molar-refractivity contribution in [2.24, 2.45) is 11.7 Å². The maximum Gasteiger partial charge on any atom is 0.268 e. The molecule has 3 rings (SSSR count). The molecule has 2 aromatic rings. The summed E-state index contributed by atoms with van der Waals surface area (Å²) in [5.41, 5.74) is 7.64. The maximum atomic E-state index is 12.6. The number of nitrogens with two attached hydrogens (primary N) is 1. The van der Waals surface area contributed by atoms with Crippen LogP contribution in [0.3, 0.4) is 0 Å². The van der Waals surface area contributed by atoms with Gasteiger partial charge in [0.1, 0.15) is 5.69 Å². The highest BCUT2D eigenvalue weighted by Gasteiger charge is 2.30. The number of carbonyl (C=O) groups is 2. The van der Waals surface area contributed by atoms with E-state index >= 15 is 0 Å². The number of aromatic nitrogens is 1. The van der Waals surface area contributed by atoms with Gasteiger partial charge in [-0.25, -0.2) is 0 Å². The van der Waals surface area contributed by atoms with E-state index in [2.05, 4.69) is 10.3 Å². The maximum absolute atomic E-state index is 12.6. The van der Waals surface area contributed by atoms with E-state index in [-0.39, 0.29) is 29.8 Å². The van der Waals surface area contributed by atoms with Crippen molar-refractivity contribution in [3.05, 3.63) is 35.0 Å². The summed E-state index contributed by atoms with van der Waals surface area (Å²) >= 11 is 5.99. The lowest BCUT2D eigenvalue weighted by molar-refractivity contribution is -0.130. The zero-order chi connectivity index (χ0) is 18.8. The van der Waals surface area contributed by atoms with Crippen molar-refractivity contribution in [2.45, 2.75) is 37.8 Å². The molecule has 2 amide bonds. The van der Waals surface area contributed by atoms with E-state index in [9.17, 15) is 9.59 Å². The zero-order valence-corrected chi connectivity index (χ0v) is 15.8. The molecule has 3 atom stereocenters. The molecule has 0 spiro atoms. The number of H-pyrrole nitrogens is 1. The van der Waals surface area contributed by atoms with Crippen LogP contribution in [-0.4, -0.2) is 47.9 Å². The summed E-state index contributed by atoms with van der Waals surface area (Å²) in [6, 6.07) is 7.03. The Labute approximate surface area is 158 Å². The Hall–Kier alpha value is -2.05. The average Bonchev–Trinajstić information content (AvgIpc) is 3.00. The molecule has 1 saturated carbocycles. The lowest BCUT2D eigenvalue weighted by atomic mass is 9.81. The van der Waals surface area contributed by atoms with E-state index < -0.39 is 0 Å². The van der Waals surface area contributed by atoms with Crippen LogP contribution in [0.25, 0.3) is 10.9 Å². The fourth-order valence-corrected chi connectivity index (χ4v) is 3.74. The summed E-state index contributed by atoms with van der Waals surface area (Å²) < 4.78 is 0. The van der Waals surface area contributed by atoms with Gasteiger partial charge >= 0.3 is 0 Å². The van der Waals surface area contributed by atoms with E-state index in [1.807, 2.05) is 12.1 Å². The second kappa shape index (κ2) is 7.68. The number of nitrogens with one attached hydrogen (secondary N) is 2. The Morgan fingerprint density at radius 2 is 2.08 bits per heavy atom. The molecule has 1 fully saturated rings. The lowest BCUT2D eigenvalue weighted by Crippen LogP contribution is -2.51. The smallest absolute Gasteiger partial charge is 0.268 e. The van der Waals surface area contributed by atoms with Gasteiger partial charge in [0.15, 0.2) is 0 Å². The number of rotatable bonds is 4. The first kappa shape index (κ1) is 18.7. The summed E-state index contributed by atoms with van der Waals surface area (Å²) in [6.07, 6.45) is 2.93. The second-order valence-corrected chi connectivity index (χ2v) is 7.77. The van der Waals surface area contributed by atoms with E-state index in [0.29, 0.717) is 17.1 Å². The second-order valence-electron chi connectivity index (χ2n) is 7.33. The Balaban J connectivity index is 1.60. The molecule has 1 heterocycles. The number of benzene rings is 1. The minimum atomic E-state index is -0.166. The first-order valence-corrected chi connectivity index (χ1v) is 9.26. The molecule has 4 N–H and O–H groups in total. The third kappa shape index (κ3) is 4.19. The van der Waals surface area contributed by atoms with Gasteiger partial charge in [0.25, 0.3) is 5.91 Å². The van der Waals surface area contributed by atoms with E-state index in [1.54, 1.807) is 31.1 Å². The number of fused-ring (bicyclic) bond motifs is 1. The third-order valence-corrected chi connectivity index (χ3v) is 5.35. The number of carbonyl (C=O) groups excluding carboxylic acids is 2. The van der Waals surface area contributed by atoms with Gasteiger partial charge in [-0.1, -0.05) is 11.6 Å². The van der Waals surface area contributed by atoms with Gasteiger partial charge in [0.2, 0.25) is 5.91 Å². The van der Waals surface area contributed by atoms with Crippen LogP contribution in [0.5, 0.6) is 0 Å². The largest absolute Gasteiger partial charge is 0.351 e. The number of aromatic amines is 1. The zero-order valence-electron chi connectivity index (χ0n) is 15.1. The van der Waals surface area contributed by atoms with Crippen LogP contribution in [-0.2, 0) is 4.79 Å². The number of amides is 2. The molecule has 1 aliphatic rings. The molecule has 3 unspecified atom stereocenters. The van der Waals surface area contributed by atoms with Crippen molar-refractivity contribution in [1.29, 1.82) is 0 Å². The van der Waals surface area contributed by atoms with Crippen molar-refractivity contribution < 1.29 is 9.59 Å². The quantitative estimate of drug-likeness (QED) is 0.765. The molecule has 1 aromatic heterocycles. The topological polar surface area (TPSA) is 91.2 Å². The highest BCUT2D eigenvalue weighted by atomic mass is 35.5. The molecule has 140 valence electrons. The highest BCUT2D eigenvalue weighted by molar-refractivity contribution is 6.31. The van der Waals surface area contributed by atoms with Gasteiger partial charge < -0.3 is 20.9 Å². The molecule has 26 heavy (non-hydrogen) atoms. The monoisotopic (exact) mass is 376 g/mol. The molecule has 0 aliphatic heterocycles. The Kier molecular flexibility index (Phi) is 5.53. The number of hydrogen-bond donors (Lipinski definition) is 3. The Bertz CT molecular complexity index is 817. The van der Waals surface area contributed by atoms with Gasteiger partial charge in [0, 0.05) is 48.5 Å². The molecule has 1 aromatic carbocycles. The fourth-order valence-electron chi connectivity index (χ4n) is 3.56. The number of halogens is 1. The van der Waals surface area contributed by atoms with E-state index in [0.717, 1.165) is 30.2 Å². The molecular weight excluding hydrogens is 352 g/mol. The van der Waals surface area contributed by atoms with Crippen LogP contribution < -0.4 is 11.1 Å². The van der Waals surface area contributed by atoms with Crippen molar-refractivity contribution >= 4 is 34.3 Å². The third-order valence-electron chi connectivity index (χ3n) is 5.11. The Morgan fingerprint density at radius 1 is 1.31 bits per heavy atom. The molecule has 1 aliphatic carbocycles. The minimum absolute atomic E-state index is 0.0804. The summed E-state index contributed by atoms with van der Waals surface area (Å²) in [6.45, 7) is 0. The molecule has 0 bridgehead atoms. The van der Waals surface area contributed by atoms with Gasteiger partial charge in [-0.15, -0.1) is 0 Å². The first-order chi connectivity index (χ1) is 12.3. The van der Waals surface area contributed by atoms with Crippen molar-refractivity contribution in [3.63, 3.8) is 0 Å². The fraction of sp³-hybridized carbons (Fsp3) is 0.474. The predicted molar refractivity (Wildman–Crippen MR) is 103 cm³/mol. The van der Waals surface area contributed by atoms with Gasteiger partial charge in [-0.05, 0) is 49.4 Å². The summed E-state index contributed by atoms with van der Waals surface area (Å²) in [7, 11) is 3.53. The first-order valence-electron chi connectivity index (χ1n) is 8.88. The van der Waals surface area contributed by atoms with Crippen molar-refractivity contribution in [2.75, 3.05) is 14.1 Å². The summed E-state index contributed by atoms with van der Waals surface area (Å²) in [5, 5.41) is 4.57. The number of hydrogen-bond acceptors (Lipinski definition) is 3. The standard InChI is InChI=1S/C19H25ClN4O2/c1-24(2)18(25)8-11-3-5-16(14(21)7-11)23-19(26)17-10-12-9-13(20)4-6-15(12)22-17/h4,6,9-11,14,16,22H,3,5,7-8,21H2,1-2H3,(H,23,26). The van der Waals surface area contributed by atoms with Gasteiger partial charge in [-0.3, -0.25) is 9.59 Å².